The topological polar surface area (TPSA) is 20.2 Å². The third-order valence-electron chi connectivity index (χ3n) is 1.57. The number of hydrogen-bond acceptors (Lipinski definition) is 1. The first-order chi connectivity index (χ1) is 3.39. The SMILES string of the molecule is OC1CCCCC1.[PbH2]. The molecule has 0 unspecified atom stereocenters. The fourth-order valence-electron chi connectivity index (χ4n) is 1.08. The summed E-state index contributed by atoms with van der Waals surface area (Å²) in [6.45, 7) is 0. The Balaban J connectivity index is 0.000000490. The zero-order chi connectivity index (χ0) is 5.11. The van der Waals surface area contributed by atoms with E-state index in [1.165, 1.54) is 19.3 Å². The van der Waals surface area contributed by atoms with Crippen LogP contribution in [0.1, 0.15) is 32.1 Å². The molecule has 0 heterocycles. The van der Waals surface area contributed by atoms with E-state index in [0.717, 1.165) is 12.8 Å². The third kappa shape index (κ3) is 3.02. The van der Waals surface area contributed by atoms with E-state index in [9.17, 15) is 0 Å². The Morgan fingerprint density at radius 3 is 1.75 bits per heavy atom. The predicted molar refractivity (Wildman–Crippen MR) is 37.6 cm³/mol. The molecule has 0 aliphatic heterocycles. The Morgan fingerprint density at radius 1 is 1.00 bits per heavy atom. The summed E-state index contributed by atoms with van der Waals surface area (Å²) < 4.78 is 0. The monoisotopic (exact) mass is 310 g/mol. The Labute approximate surface area is 70.6 Å². The summed E-state index contributed by atoms with van der Waals surface area (Å²) in [6.07, 6.45) is 5.92. The van der Waals surface area contributed by atoms with Crippen molar-refractivity contribution in [3.8, 4) is 0 Å². The van der Waals surface area contributed by atoms with E-state index in [2.05, 4.69) is 0 Å². The number of aliphatic hydroxyl groups is 1. The van der Waals surface area contributed by atoms with Gasteiger partial charge in [-0.2, -0.15) is 0 Å². The summed E-state index contributed by atoms with van der Waals surface area (Å²) in [4.78, 5) is 0. The molecule has 1 aliphatic carbocycles. The van der Waals surface area contributed by atoms with Crippen LogP contribution >= 0.6 is 0 Å². The quantitative estimate of drug-likeness (QED) is 0.642. The van der Waals surface area contributed by atoms with Crippen LogP contribution in [-0.4, -0.2) is 38.5 Å². The number of aliphatic hydroxyl groups excluding tert-OH is 1. The molecular formula is C6H14OPb. The summed E-state index contributed by atoms with van der Waals surface area (Å²) in [5.74, 6) is 0. The molecule has 1 saturated carbocycles. The minimum atomic E-state index is 0. The molecule has 0 atom stereocenters. The second kappa shape index (κ2) is 4.73. The van der Waals surface area contributed by atoms with Crippen LogP contribution in [0.4, 0.5) is 0 Å². The Morgan fingerprint density at radius 2 is 1.50 bits per heavy atom. The molecule has 0 spiro atoms. The molecule has 2 heteroatoms. The van der Waals surface area contributed by atoms with Crippen molar-refractivity contribution in [1.29, 1.82) is 0 Å². The van der Waals surface area contributed by atoms with Gasteiger partial charge in [-0.3, -0.25) is 0 Å². The summed E-state index contributed by atoms with van der Waals surface area (Å²) in [7, 11) is 0. The Kier molecular flexibility index (Phi) is 5.25. The van der Waals surface area contributed by atoms with E-state index in [1.807, 2.05) is 0 Å². The van der Waals surface area contributed by atoms with Gasteiger partial charge in [-0.15, -0.1) is 0 Å². The van der Waals surface area contributed by atoms with Crippen LogP contribution in [0, 0.1) is 0 Å². The first-order valence-corrected chi connectivity index (χ1v) is 3.07. The van der Waals surface area contributed by atoms with Crippen molar-refractivity contribution < 1.29 is 5.11 Å². The molecule has 0 aromatic rings. The normalized spacial score (nSPS) is 22.1. The predicted octanol–water partition coefficient (Wildman–Crippen LogP) is 0.395. The van der Waals surface area contributed by atoms with Gasteiger partial charge < -0.3 is 5.11 Å². The van der Waals surface area contributed by atoms with Crippen molar-refractivity contribution in [3.63, 3.8) is 0 Å². The maximum absolute atomic E-state index is 8.91. The zero-order valence-corrected chi connectivity index (χ0v) is 10.8. The van der Waals surface area contributed by atoms with Gasteiger partial charge in [0, 0.05) is 0 Å². The van der Waals surface area contributed by atoms with Crippen LogP contribution in [-0.2, 0) is 0 Å². The van der Waals surface area contributed by atoms with E-state index in [-0.39, 0.29) is 33.4 Å². The van der Waals surface area contributed by atoms with Crippen molar-refractivity contribution in [2.45, 2.75) is 38.2 Å². The van der Waals surface area contributed by atoms with Crippen molar-refractivity contribution in [2.24, 2.45) is 0 Å². The van der Waals surface area contributed by atoms with Gasteiger partial charge in [0.25, 0.3) is 0 Å². The van der Waals surface area contributed by atoms with Crippen LogP contribution in [0.2, 0.25) is 0 Å². The fraction of sp³-hybridized carbons (Fsp3) is 1.00. The number of rotatable bonds is 0. The minimum absolute atomic E-state index is 0. The molecule has 0 bridgehead atoms. The summed E-state index contributed by atoms with van der Waals surface area (Å²) in [6, 6.07) is 0. The van der Waals surface area contributed by atoms with Crippen molar-refractivity contribution in [3.05, 3.63) is 0 Å². The molecule has 0 amide bonds. The molecule has 0 saturated heterocycles. The maximum atomic E-state index is 8.91. The van der Waals surface area contributed by atoms with E-state index in [1.54, 1.807) is 0 Å². The average Bonchev–Trinajstić information content (AvgIpc) is 1.69. The molecule has 2 radical (unpaired) electrons. The van der Waals surface area contributed by atoms with Crippen molar-refractivity contribution >= 4 is 27.3 Å². The summed E-state index contributed by atoms with van der Waals surface area (Å²) in [5, 5.41) is 8.91. The molecule has 1 nitrogen and oxygen atoms in total. The molecule has 1 rings (SSSR count). The van der Waals surface area contributed by atoms with Crippen LogP contribution in [0.5, 0.6) is 0 Å². The molecular weight excluding hydrogens is 295 g/mol. The van der Waals surface area contributed by atoms with Crippen LogP contribution in [0.25, 0.3) is 0 Å². The molecule has 8 heavy (non-hydrogen) atoms. The molecule has 1 fully saturated rings. The van der Waals surface area contributed by atoms with Gasteiger partial charge in [-0.05, 0) is 12.8 Å². The van der Waals surface area contributed by atoms with Crippen LogP contribution in [0.15, 0.2) is 0 Å². The first kappa shape index (κ1) is 8.88. The van der Waals surface area contributed by atoms with Gasteiger partial charge in [-0.25, -0.2) is 0 Å². The zero-order valence-electron chi connectivity index (χ0n) is 5.27. The van der Waals surface area contributed by atoms with Gasteiger partial charge in [0.2, 0.25) is 0 Å². The second-order valence-electron chi connectivity index (χ2n) is 2.29. The van der Waals surface area contributed by atoms with E-state index in [4.69, 9.17) is 5.11 Å². The van der Waals surface area contributed by atoms with E-state index < -0.39 is 0 Å². The fourth-order valence-corrected chi connectivity index (χ4v) is 1.08. The van der Waals surface area contributed by atoms with Gasteiger partial charge in [0.15, 0.2) is 0 Å². The first-order valence-electron chi connectivity index (χ1n) is 3.07. The van der Waals surface area contributed by atoms with Crippen LogP contribution in [0.3, 0.4) is 0 Å². The van der Waals surface area contributed by atoms with Gasteiger partial charge >= 0.3 is 27.3 Å². The van der Waals surface area contributed by atoms with Gasteiger partial charge in [-0.1, -0.05) is 19.3 Å². The molecule has 1 aliphatic rings. The standard InChI is InChI=1S/C6H12O.Pb.2H/c7-6-4-2-1-3-5-6;;;/h6-7H,1-5H2;;;. The molecule has 0 aromatic heterocycles. The second-order valence-corrected chi connectivity index (χ2v) is 2.29. The number of hydrogen-bond donors (Lipinski definition) is 1. The van der Waals surface area contributed by atoms with Crippen molar-refractivity contribution in [2.75, 3.05) is 0 Å². The van der Waals surface area contributed by atoms with Gasteiger partial charge in [0.1, 0.15) is 0 Å². The Bertz CT molecular complexity index is 50.5. The third-order valence-corrected chi connectivity index (χ3v) is 1.57. The summed E-state index contributed by atoms with van der Waals surface area (Å²) in [5.41, 5.74) is 0. The molecule has 1 N–H and O–H groups in total. The molecule has 0 aromatic carbocycles. The van der Waals surface area contributed by atoms with Crippen LogP contribution < -0.4 is 0 Å². The van der Waals surface area contributed by atoms with Gasteiger partial charge in [0.05, 0.1) is 6.10 Å². The Hall–Kier alpha value is 0.882. The molecule has 48 valence electrons. The van der Waals surface area contributed by atoms with E-state index >= 15 is 0 Å². The average molecular weight is 309 g/mol. The van der Waals surface area contributed by atoms with E-state index in [0.29, 0.717) is 0 Å². The van der Waals surface area contributed by atoms with Crippen molar-refractivity contribution in [1.82, 2.24) is 0 Å². The summed E-state index contributed by atoms with van der Waals surface area (Å²) >= 11 is 0.